The van der Waals surface area contributed by atoms with Crippen molar-refractivity contribution in [1.82, 2.24) is 18.1 Å². The van der Waals surface area contributed by atoms with Crippen LogP contribution in [0.5, 0.6) is 0 Å². The molecule has 0 saturated heterocycles. The van der Waals surface area contributed by atoms with Crippen molar-refractivity contribution < 1.29 is 0 Å². The van der Waals surface area contributed by atoms with Crippen LogP contribution in [0.25, 0.3) is 121 Å². The SMILES string of the molecule is O=c1n(-c2cccc(-c3ccccc3)c2)c2cc(-c3ccc4c(c3)c3ccccc3n4-c3ccccc3)ccc2c2cc3cc(-c4ccc5c(c4)c4ccccc4n5-c4ccccc4)ccc3n12. The number of hydrogen-bond acceptors (Lipinski definition) is 1. The van der Waals surface area contributed by atoms with Crippen molar-refractivity contribution in [2.75, 3.05) is 0 Å². The zero-order valence-corrected chi connectivity index (χ0v) is 36.8. The Morgan fingerprint density at radius 1 is 0.235 bits per heavy atom. The van der Waals surface area contributed by atoms with E-state index in [0.717, 1.165) is 83.3 Å². The quantitative estimate of drug-likeness (QED) is 0.164. The lowest BCUT2D eigenvalue weighted by molar-refractivity contribution is 0.936. The van der Waals surface area contributed by atoms with Gasteiger partial charge in [0.1, 0.15) is 0 Å². The van der Waals surface area contributed by atoms with Crippen molar-refractivity contribution in [3.63, 3.8) is 0 Å². The van der Waals surface area contributed by atoms with Crippen molar-refractivity contribution in [1.29, 1.82) is 0 Å². The van der Waals surface area contributed by atoms with E-state index in [1.807, 2.05) is 21.1 Å². The molecule has 5 nitrogen and oxygen atoms in total. The molecule has 0 radical (unpaired) electrons. The Hall–Kier alpha value is -9.19. The summed E-state index contributed by atoms with van der Waals surface area (Å²) in [4.78, 5) is 15.4. The van der Waals surface area contributed by atoms with E-state index in [4.69, 9.17) is 0 Å². The molecule has 0 N–H and O–H groups in total. The normalized spacial score (nSPS) is 11.9. The third kappa shape index (κ3) is 5.79. The van der Waals surface area contributed by atoms with E-state index in [-0.39, 0.29) is 5.69 Å². The van der Waals surface area contributed by atoms with E-state index < -0.39 is 0 Å². The highest BCUT2D eigenvalue weighted by Gasteiger charge is 2.20. The summed E-state index contributed by atoms with van der Waals surface area (Å²) in [5, 5.41) is 6.79. The van der Waals surface area contributed by atoms with E-state index in [2.05, 4.69) is 240 Å². The molecule has 0 unspecified atom stereocenters. The van der Waals surface area contributed by atoms with Gasteiger partial charge in [-0.1, -0.05) is 146 Å². The van der Waals surface area contributed by atoms with Crippen molar-refractivity contribution in [2.45, 2.75) is 0 Å². The third-order valence-electron chi connectivity index (χ3n) is 14.0. The van der Waals surface area contributed by atoms with Crippen LogP contribution in [0.1, 0.15) is 0 Å². The average molecular weight is 869 g/mol. The molecule has 0 saturated carbocycles. The van der Waals surface area contributed by atoms with Crippen LogP contribution in [-0.2, 0) is 0 Å². The maximum absolute atomic E-state index is 15.4. The second kappa shape index (κ2) is 14.9. The maximum atomic E-state index is 15.4. The van der Waals surface area contributed by atoms with Gasteiger partial charge in [0.25, 0.3) is 0 Å². The number of aromatic nitrogens is 4. The van der Waals surface area contributed by atoms with E-state index in [1.54, 1.807) is 0 Å². The van der Waals surface area contributed by atoms with Crippen LogP contribution >= 0.6 is 0 Å². The first-order valence-electron chi connectivity index (χ1n) is 23.1. The van der Waals surface area contributed by atoms with E-state index in [9.17, 15) is 0 Å². The van der Waals surface area contributed by atoms with Crippen LogP contribution in [-0.4, -0.2) is 18.1 Å². The van der Waals surface area contributed by atoms with E-state index in [0.29, 0.717) is 0 Å². The maximum Gasteiger partial charge on any atom is 0.338 e. The zero-order chi connectivity index (χ0) is 44.9. The first-order chi connectivity index (χ1) is 33.6. The van der Waals surface area contributed by atoms with Crippen LogP contribution in [0.3, 0.4) is 0 Å². The van der Waals surface area contributed by atoms with Crippen molar-refractivity contribution in [3.8, 4) is 50.4 Å². The Kier molecular flexibility index (Phi) is 8.37. The Morgan fingerprint density at radius 3 is 1.31 bits per heavy atom. The molecule has 14 rings (SSSR count). The first kappa shape index (κ1) is 38.1. The van der Waals surface area contributed by atoms with Gasteiger partial charge in [-0.15, -0.1) is 0 Å². The highest BCUT2D eigenvalue weighted by Crippen LogP contribution is 2.39. The highest BCUT2D eigenvalue weighted by atomic mass is 16.1. The van der Waals surface area contributed by atoms with Crippen molar-refractivity contribution >= 4 is 70.9 Å². The lowest BCUT2D eigenvalue weighted by atomic mass is 10.0. The Morgan fingerprint density at radius 2 is 0.691 bits per heavy atom. The van der Waals surface area contributed by atoms with Gasteiger partial charge in [0.05, 0.1) is 44.3 Å². The monoisotopic (exact) mass is 868 g/mol. The topological polar surface area (TPSA) is 36.3 Å². The lowest BCUT2D eigenvalue weighted by Gasteiger charge is -2.15. The van der Waals surface area contributed by atoms with Crippen LogP contribution in [0.2, 0.25) is 0 Å². The van der Waals surface area contributed by atoms with Gasteiger partial charge in [0.2, 0.25) is 0 Å². The fraction of sp³-hybridized carbons (Fsp3) is 0. The van der Waals surface area contributed by atoms with Gasteiger partial charge in [0.15, 0.2) is 0 Å². The van der Waals surface area contributed by atoms with Gasteiger partial charge < -0.3 is 9.13 Å². The number of hydrogen-bond donors (Lipinski definition) is 0. The molecule has 0 atom stereocenters. The van der Waals surface area contributed by atoms with Crippen molar-refractivity contribution in [3.05, 3.63) is 253 Å². The molecule has 0 aliphatic rings. The summed E-state index contributed by atoms with van der Waals surface area (Å²) in [6.07, 6.45) is 0. The molecule has 68 heavy (non-hydrogen) atoms. The minimum absolute atomic E-state index is 0.117. The second-order valence-corrected chi connectivity index (χ2v) is 17.7. The number of rotatable bonds is 6. The van der Waals surface area contributed by atoms with Crippen LogP contribution < -0.4 is 5.69 Å². The second-order valence-electron chi connectivity index (χ2n) is 17.7. The molecule has 5 heteroatoms. The number of fused-ring (bicyclic) bond motifs is 11. The van der Waals surface area contributed by atoms with Gasteiger partial charge >= 0.3 is 5.69 Å². The zero-order valence-electron chi connectivity index (χ0n) is 36.8. The van der Waals surface area contributed by atoms with Crippen LogP contribution in [0, 0.1) is 0 Å². The summed E-state index contributed by atoms with van der Waals surface area (Å²) >= 11 is 0. The Balaban J connectivity index is 0.966. The molecular formula is C63H40N4O. The predicted octanol–water partition coefficient (Wildman–Crippen LogP) is 15.6. The highest BCUT2D eigenvalue weighted by molar-refractivity contribution is 6.12. The first-order valence-corrected chi connectivity index (χ1v) is 23.1. The minimum atomic E-state index is -0.117. The van der Waals surface area contributed by atoms with E-state index >= 15 is 4.79 Å². The predicted molar refractivity (Wildman–Crippen MR) is 283 cm³/mol. The number of nitrogens with zero attached hydrogens (tertiary/aromatic N) is 4. The van der Waals surface area contributed by atoms with Gasteiger partial charge in [0, 0.05) is 43.7 Å². The molecule has 4 heterocycles. The molecule has 10 aromatic carbocycles. The smallest absolute Gasteiger partial charge is 0.309 e. The molecule has 0 aliphatic carbocycles. The van der Waals surface area contributed by atoms with Crippen LogP contribution in [0.4, 0.5) is 0 Å². The Labute approximate surface area is 390 Å². The van der Waals surface area contributed by atoms with Crippen LogP contribution in [0.15, 0.2) is 247 Å². The van der Waals surface area contributed by atoms with Gasteiger partial charge in [-0.05, 0) is 130 Å². The van der Waals surface area contributed by atoms with Gasteiger partial charge in [-0.2, -0.15) is 0 Å². The molecule has 4 aromatic heterocycles. The standard InChI is InChI=1S/C63H40N4O/c68-63-66(50-22-14-17-42(36-50)41-15-4-1-5-16-41)61-39-46(45-30-34-60-55(38-45)52-24-11-13-26-58(52)65(60)49-20-8-3-9-21-49)27-31-53(61)62-40-47-35-43(28-32-56(47)67(62)63)44-29-33-59-54(37-44)51-23-10-12-25-57(51)64(59)48-18-6-2-7-19-48/h1-40H. The largest absolute Gasteiger partial charge is 0.338 e. The summed E-state index contributed by atoms with van der Waals surface area (Å²) in [5.74, 6) is 0. The summed E-state index contributed by atoms with van der Waals surface area (Å²) < 4.78 is 8.49. The lowest BCUT2D eigenvalue weighted by Crippen LogP contribution is -2.25. The molecule has 0 bridgehead atoms. The summed E-state index contributed by atoms with van der Waals surface area (Å²) in [6, 6.07) is 85.9. The Bertz CT molecular complexity index is 4380. The number of para-hydroxylation sites is 4. The summed E-state index contributed by atoms with van der Waals surface area (Å²) in [5.41, 5.74) is 16.7. The average Bonchev–Trinajstić information content (AvgIpc) is 4.07. The molecule has 318 valence electrons. The van der Waals surface area contributed by atoms with Crippen molar-refractivity contribution in [2.24, 2.45) is 0 Å². The van der Waals surface area contributed by atoms with Gasteiger partial charge in [-0.25, -0.2) is 4.79 Å². The van der Waals surface area contributed by atoms with E-state index in [1.165, 1.54) is 38.1 Å². The summed E-state index contributed by atoms with van der Waals surface area (Å²) in [7, 11) is 0. The molecular weight excluding hydrogens is 829 g/mol. The molecule has 0 fully saturated rings. The molecule has 0 amide bonds. The summed E-state index contributed by atoms with van der Waals surface area (Å²) in [6.45, 7) is 0. The molecule has 0 aliphatic heterocycles. The van der Waals surface area contributed by atoms with Gasteiger partial charge in [-0.3, -0.25) is 8.97 Å². The number of benzene rings is 10. The molecule has 14 aromatic rings. The fourth-order valence-corrected chi connectivity index (χ4v) is 10.8. The minimum Gasteiger partial charge on any atom is -0.309 e. The fourth-order valence-electron chi connectivity index (χ4n) is 10.8. The molecule has 0 spiro atoms. The third-order valence-corrected chi connectivity index (χ3v) is 14.0.